The standard InChI is InChI=1S/C17H15F2NO3/c1-22-14-6-4-11-9-20(17(21)15(11)16(14)23-2)8-10-3-5-12(18)7-13(10)19/h3-7H,8-9H2,1-2H3. The van der Waals surface area contributed by atoms with E-state index in [1.807, 2.05) is 0 Å². The van der Waals surface area contributed by atoms with Crippen LogP contribution in [0.15, 0.2) is 30.3 Å². The first-order valence-electron chi connectivity index (χ1n) is 7.02. The predicted molar refractivity (Wildman–Crippen MR) is 79.5 cm³/mol. The molecule has 2 aromatic carbocycles. The number of rotatable bonds is 4. The maximum atomic E-state index is 13.8. The van der Waals surface area contributed by atoms with Crippen molar-refractivity contribution in [3.63, 3.8) is 0 Å². The van der Waals surface area contributed by atoms with E-state index < -0.39 is 11.6 Å². The molecule has 23 heavy (non-hydrogen) atoms. The summed E-state index contributed by atoms with van der Waals surface area (Å²) in [5, 5.41) is 0. The molecule has 0 atom stereocenters. The number of methoxy groups -OCH3 is 2. The first-order valence-corrected chi connectivity index (χ1v) is 7.02. The number of hydrogen-bond acceptors (Lipinski definition) is 3. The minimum absolute atomic E-state index is 0.0606. The second-order valence-electron chi connectivity index (χ2n) is 5.23. The van der Waals surface area contributed by atoms with Crippen LogP contribution in [0, 0.1) is 11.6 Å². The fraction of sp³-hybridized carbons (Fsp3) is 0.235. The van der Waals surface area contributed by atoms with Crippen LogP contribution in [0.2, 0.25) is 0 Å². The van der Waals surface area contributed by atoms with Gasteiger partial charge in [-0.1, -0.05) is 12.1 Å². The minimum atomic E-state index is -0.668. The monoisotopic (exact) mass is 319 g/mol. The molecule has 0 bridgehead atoms. The highest BCUT2D eigenvalue weighted by Crippen LogP contribution is 2.38. The van der Waals surface area contributed by atoms with Crippen molar-refractivity contribution in [3.05, 3.63) is 58.7 Å². The quantitative estimate of drug-likeness (QED) is 0.869. The Hall–Kier alpha value is -2.63. The van der Waals surface area contributed by atoms with Crippen LogP contribution in [-0.4, -0.2) is 25.0 Å². The normalized spacial score (nSPS) is 13.2. The van der Waals surface area contributed by atoms with Gasteiger partial charge in [-0.2, -0.15) is 0 Å². The molecule has 2 aromatic rings. The Morgan fingerprint density at radius 2 is 1.91 bits per heavy atom. The van der Waals surface area contributed by atoms with Gasteiger partial charge in [-0.25, -0.2) is 8.78 Å². The lowest BCUT2D eigenvalue weighted by molar-refractivity contribution is 0.0762. The number of hydrogen-bond donors (Lipinski definition) is 0. The number of nitrogens with zero attached hydrogens (tertiary/aromatic N) is 1. The molecule has 0 spiro atoms. The molecule has 1 amide bonds. The van der Waals surface area contributed by atoms with Gasteiger partial charge in [0.15, 0.2) is 11.5 Å². The second-order valence-corrected chi connectivity index (χ2v) is 5.23. The van der Waals surface area contributed by atoms with Crippen LogP contribution < -0.4 is 9.47 Å². The van der Waals surface area contributed by atoms with Crippen molar-refractivity contribution in [1.29, 1.82) is 0 Å². The van der Waals surface area contributed by atoms with Crippen LogP contribution in [0.4, 0.5) is 8.78 Å². The van der Waals surface area contributed by atoms with E-state index >= 15 is 0 Å². The molecule has 0 aliphatic carbocycles. The van der Waals surface area contributed by atoms with Crippen LogP contribution in [0.3, 0.4) is 0 Å². The van der Waals surface area contributed by atoms with Crippen molar-refractivity contribution >= 4 is 5.91 Å². The van der Waals surface area contributed by atoms with E-state index in [2.05, 4.69) is 0 Å². The Labute approximate surface area is 132 Å². The SMILES string of the molecule is COc1ccc2c(c1OC)C(=O)N(Cc1ccc(F)cc1F)C2. The smallest absolute Gasteiger partial charge is 0.258 e. The van der Waals surface area contributed by atoms with Gasteiger partial charge in [0.25, 0.3) is 5.91 Å². The molecule has 3 rings (SSSR count). The van der Waals surface area contributed by atoms with Crippen molar-refractivity contribution in [1.82, 2.24) is 4.90 Å². The molecule has 4 nitrogen and oxygen atoms in total. The number of halogens is 2. The fourth-order valence-corrected chi connectivity index (χ4v) is 2.75. The molecule has 6 heteroatoms. The van der Waals surface area contributed by atoms with E-state index in [0.29, 0.717) is 23.6 Å². The Kier molecular flexibility index (Phi) is 3.90. The fourth-order valence-electron chi connectivity index (χ4n) is 2.75. The summed E-state index contributed by atoms with van der Waals surface area (Å²) in [6.07, 6.45) is 0. The Bertz CT molecular complexity index is 777. The summed E-state index contributed by atoms with van der Waals surface area (Å²) in [6.45, 7) is 0.399. The zero-order valence-electron chi connectivity index (χ0n) is 12.7. The largest absolute Gasteiger partial charge is 0.493 e. The van der Waals surface area contributed by atoms with E-state index in [-0.39, 0.29) is 18.0 Å². The van der Waals surface area contributed by atoms with Crippen LogP contribution in [0.5, 0.6) is 11.5 Å². The zero-order valence-corrected chi connectivity index (χ0v) is 12.7. The average molecular weight is 319 g/mol. The van der Waals surface area contributed by atoms with Crippen LogP contribution >= 0.6 is 0 Å². The van der Waals surface area contributed by atoms with Gasteiger partial charge in [-0.15, -0.1) is 0 Å². The molecule has 0 radical (unpaired) electrons. The average Bonchev–Trinajstić information content (AvgIpc) is 2.85. The minimum Gasteiger partial charge on any atom is -0.493 e. The predicted octanol–water partition coefficient (Wildman–Crippen LogP) is 3.14. The molecule has 120 valence electrons. The molecular formula is C17H15F2NO3. The number of fused-ring (bicyclic) bond motifs is 1. The lowest BCUT2D eigenvalue weighted by Crippen LogP contribution is -2.24. The zero-order chi connectivity index (χ0) is 16.6. The van der Waals surface area contributed by atoms with Gasteiger partial charge >= 0.3 is 0 Å². The van der Waals surface area contributed by atoms with Crippen LogP contribution in [0.25, 0.3) is 0 Å². The third kappa shape index (κ3) is 2.60. The van der Waals surface area contributed by atoms with Gasteiger partial charge in [-0.05, 0) is 17.7 Å². The van der Waals surface area contributed by atoms with E-state index in [1.165, 1.54) is 31.3 Å². The summed E-state index contributed by atoms with van der Waals surface area (Å²) in [4.78, 5) is 14.1. The first-order chi connectivity index (χ1) is 11.0. The highest BCUT2D eigenvalue weighted by Gasteiger charge is 2.32. The van der Waals surface area contributed by atoms with Gasteiger partial charge in [0.05, 0.1) is 19.8 Å². The lowest BCUT2D eigenvalue weighted by Gasteiger charge is -2.16. The van der Waals surface area contributed by atoms with Crippen molar-refractivity contribution in [2.75, 3.05) is 14.2 Å². The summed E-state index contributed by atoms with van der Waals surface area (Å²) in [5.74, 6) is -0.738. The van der Waals surface area contributed by atoms with Crippen molar-refractivity contribution in [3.8, 4) is 11.5 Å². The molecule has 1 aliphatic heterocycles. The molecule has 0 unspecified atom stereocenters. The third-order valence-electron chi connectivity index (χ3n) is 3.87. The molecule has 1 aliphatic rings. The molecule has 0 saturated heterocycles. The van der Waals surface area contributed by atoms with Gasteiger partial charge in [0.2, 0.25) is 0 Å². The van der Waals surface area contributed by atoms with Gasteiger partial charge < -0.3 is 14.4 Å². The van der Waals surface area contributed by atoms with Gasteiger partial charge in [-0.3, -0.25) is 4.79 Å². The summed E-state index contributed by atoms with van der Waals surface area (Å²) in [5.41, 5.74) is 1.48. The molecule has 0 saturated carbocycles. The highest BCUT2D eigenvalue weighted by atomic mass is 19.1. The molecule has 0 N–H and O–H groups in total. The van der Waals surface area contributed by atoms with E-state index in [1.54, 1.807) is 12.1 Å². The summed E-state index contributed by atoms with van der Waals surface area (Å²) < 4.78 is 37.3. The maximum absolute atomic E-state index is 13.8. The lowest BCUT2D eigenvalue weighted by atomic mass is 10.1. The molecule has 1 heterocycles. The van der Waals surface area contributed by atoms with Crippen LogP contribution in [-0.2, 0) is 13.1 Å². The number of carbonyl (C=O) groups excluding carboxylic acids is 1. The first kappa shape index (κ1) is 15.3. The number of carbonyl (C=O) groups is 1. The number of ether oxygens (including phenoxy) is 2. The van der Waals surface area contributed by atoms with Gasteiger partial charge in [0.1, 0.15) is 11.6 Å². The summed E-state index contributed by atoms with van der Waals surface area (Å²) in [6, 6.07) is 6.85. The van der Waals surface area contributed by atoms with E-state index in [9.17, 15) is 13.6 Å². The summed E-state index contributed by atoms with van der Waals surface area (Å²) in [7, 11) is 2.96. The maximum Gasteiger partial charge on any atom is 0.258 e. The van der Waals surface area contributed by atoms with E-state index in [0.717, 1.165) is 11.6 Å². The highest BCUT2D eigenvalue weighted by molar-refractivity contribution is 6.01. The Balaban J connectivity index is 1.92. The van der Waals surface area contributed by atoms with Crippen LogP contribution in [0.1, 0.15) is 21.5 Å². The summed E-state index contributed by atoms with van der Waals surface area (Å²) >= 11 is 0. The van der Waals surface area contributed by atoms with Crippen molar-refractivity contribution < 1.29 is 23.0 Å². The van der Waals surface area contributed by atoms with Gasteiger partial charge in [0, 0.05) is 24.7 Å². The Morgan fingerprint density at radius 1 is 1.13 bits per heavy atom. The number of benzene rings is 2. The van der Waals surface area contributed by atoms with Crippen molar-refractivity contribution in [2.45, 2.75) is 13.1 Å². The topological polar surface area (TPSA) is 38.8 Å². The molecular weight excluding hydrogens is 304 g/mol. The Morgan fingerprint density at radius 3 is 2.57 bits per heavy atom. The number of amides is 1. The second kappa shape index (κ2) is 5.87. The molecule has 0 fully saturated rings. The van der Waals surface area contributed by atoms with E-state index in [4.69, 9.17) is 9.47 Å². The van der Waals surface area contributed by atoms with Crippen molar-refractivity contribution in [2.24, 2.45) is 0 Å². The third-order valence-corrected chi connectivity index (χ3v) is 3.87. The molecule has 0 aromatic heterocycles.